The Hall–Kier alpha value is -4.98. The third-order valence-corrected chi connectivity index (χ3v) is 6.51. The Balaban J connectivity index is 1.63. The number of carbonyl (C=O) groups is 1. The molecule has 39 heavy (non-hydrogen) atoms. The molecule has 8 nitrogen and oxygen atoms in total. The van der Waals surface area contributed by atoms with Gasteiger partial charge >= 0.3 is 5.97 Å². The standard InChI is InChI=1S/C31H27N3O5/c1-18(2)24-16-25(19(3)14-28(24)38-4)29-33-26-11-6-5-10-23(26)30(35)34(29)32-17-22-12-13-27(39-22)20-8-7-9-21(15-20)31(36)37/h5-18H,1-4H3,(H,36,37). The molecule has 0 aliphatic rings. The normalized spacial score (nSPS) is 11.5. The molecule has 0 fully saturated rings. The van der Waals surface area contributed by atoms with Gasteiger partial charge in [-0.3, -0.25) is 4.79 Å². The number of nitrogens with zero attached hydrogens (tertiary/aromatic N) is 3. The van der Waals surface area contributed by atoms with Crippen molar-refractivity contribution < 1.29 is 19.1 Å². The lowest BCUT2D eigenvalue weighted by atomic mass is 9.96. The van der Waals surface area contributed by atoms with Crippen LogP contribution in [0.2, 0.25) is 0 Å². The molecule has 5 rings (SSSR count). The summed E-state index contributed by atoms with van der Waals surface area (Å²) < 4.78 is 12.8. The van der Waals surface area contributed by atoms with Crippen molar-refractivity contribution in [2.75, 3.05) is 7.11 Å². The quantitative estimate of drug-likeness (QED) is 0.250. The molecule has 0 atom stereocenters. The molecule has 0 spiro atoms. The number of carboxylic acid groups (broad SMARTS) is 1. The van der Waals surface area contributed by atoms with E-state index < -0.39 is 5.97 Å². The first kappa shape index (κ1) is 25.7. The molecule has 2 aromatic heterocycles. The third-order valence-electron chi connectivity index (χ3n) is 6.51. The molecule has 0 aliphatic heterocycles. The van der Waals surface area contributed by atoms with Crippen molar-refractivity contribution in [3.05, 3.63) is 106 Å². The SMILES string of the molecule is COc1cc(C)c(-c2nc3ccccc3c(=O)n2N=Cc2ccc(-c3cccc(C(=O)O)c3)o2)cc1C(C)C. The Kier molecular flexibility index (Phi) is 6.85. The third kappa shape index (κ3) is 4.96. The van der Waals surface area contributed by atoms with E-state index in [1.165, 1.54) is 23.0 Å². The fraction of sp³-hybridized carbons (Fsp3) is 0.161. The van der Waals surface area contributed by atoms with E-state index in [2.05, 4.69) is 18.9 Å². The summed E-state index contributed by atoms with van der Waals surface area (Å²) in [6.45, 7) is 6.11. The van der Waals surface area contributed by atoms with Gasteiger partial charge in [0.05, 0.1) is 29.8 Å². The highest BCUT2D eigenvalue weighted by atomic mass is 16.5. The molecule has 0 aliphatic carbocycles. The second-order valence-corrected chi connectivity index (χ2v) is 9.47. The zero-order valence-corrected chi connectivity index (χ0v) is 22.0. The smallest absolute Gasteiger partial charge is 0.335 e. The Morgan fingerprint density at radius 3 is 2.62 bits per heavy atom. The highest BCUT2D eigenvalue weighted by molar-refractivity contribution is 5.89. The van der Waals surface area contributed by atoms with Gasteiger partial charge in [0.15, 0.2) is 5.82 Å². The van der Waals surface area contributed by atoms with Crippen LogP contribution in [0, 0.1) is 6.92 Å². The molecule has 0 radical (unpaired) electrons. The van der Waals surface area contributed by atoms with Crippen molar-refractivity contribution in [3.8, 4) is 28.5 Å². The molecule has 1 N–H and O–H groups in total. The molecular formula is C31H27N3O5. The fourth-order valence-electron chi connectivity index (χ4n) is 4.47. The number of hydrogen-bond donors (Lipinski definition) is 1. The van der Waals surface area contributed by atoms with Gasteiger partial charge in [-0.2, -0.15) is 9.78 Å². The van der Waals surface area contributed by atoms with Crippen molar-refractivity contribution in [1.29, 1.82) is 0 Å². The number of benzene rings is 3. The number of hydrogen-bond acceptors (Lipinski definition) is 6. The van der Waals surface area contributed by atoms with Crippen LogP contribution in [-0.2, 0) is 0 Å². The Bertz CT molecular complexity index is 1800. The topological polar surface area (TPSA) is 107 Å². The number of aryl methyl sites for hydroxylation is 1. The maximum absolute atomic E-state index is 13.6. The maximum atomic E-state index is 13.6. The summed E-state index contributed by atoms with van der Waals surface area (Å²) in [4.78, 5) is 29.8. The summed E-state index contributed by atoms with van der Waals surface area (Å²) in [5, 5.41) is 14.2. The highest BCUT2D eigenvalue weighted by Crippen LogP contribution is 2.34. The minimum atomic E-state index is -1.02. The Morgan fingerprint density at radius 1 is 1.08 bits per heavy atom. The van der Waals surface area contributed by atoms with E-state index in [9.17, 15) is 14.7 Å². The molecular weight excluding hydrogens is 494 g/mol. The van der Waals surface area contributed by atoms with Crippen molar-refractivity contribution in [2.24, 2.45) is 5.10 Å². The van der Waals surface area contributed by atoms with Gasteiger partial charge in [-0.05, 0) is 72.5 Å². The molecule has 5 aromatic rings. The molecule has 0 saturated heterocycles. The lowest BCUT2D eigenvalue weighted by Gasteiger charge is -2.17. The van der Waals surface area contributed by atoms with Crippen LogP contribution in [0.3, 0.4) is 0 Å². The van der Waals surface area contributed by atoms with Crippen LogP contribution in [0.1, 0.15) is 47.0 Å². The zero-order valence-electron chi connectivity index (χ0n) is 22.0. The van der Waals surface area contributed by atoms with Crippen molar-refractivity contribution >= 4 is 23.1 Å². The Morgan fingerprint density at radius 2 is 1.87 bits per heavy atom. The lowest BCUT2D eigenvalue weighted by Crippen LogP contribution is -2.20. The Labute approximate surface area is 224 Å². The maximum Gasteiger partial charge on any atom is 0.335 e. The van der Waals surface area contributed by atoms with E-state index in [-0.39, 0.29) is 17.0 Å². The number of aromatic carboxylic acids is 1. The van der Waals surface area contributed by atoms with E-state index in [0.29, 0.717) is 33.8 Å². The lowest BCUT2D eigenvalue weighted by molar-refractivity contribution is 0.0697. The van der Waals surface area contributed by atoms with E-state index in [0.717, 1.165) is 22.4 Å². The van der Waals surface area contributed by atoms with Crippen LogP contribution in [0.15, 0.2) is 87.1 Å². The average molecular weight is 522 g/mol. The number of furan rings is 1. The predicted octanol–water partition coefficient (Wildman–Crippen LogP) is 6.34. The van der Waals surface area contributed by atoms with Crippen molar-refractivity contribution in [1.82, 2.24) is 9.66 Å². The largest absolute Gasteiger partial charge is 0.496 e. The molecule has 8 heteroatoms. The first-order valence-corrected chi connectivity index (χ1v) is 12.5. The first-order chi connectivity index (χ1) is 18.8. The highest BCUT2D eigenvalue weighted by Gasteiger charge is 2.18. The summed E-state index contributed by atoms with van der Waals surface area (Å²) in [5.74, 6) is 1.22. The minimum Gasteiger partial charge on any atom is -0.496 e. The number of carboxylic acids is 1. The molecule has 0 saturated carbocycles. The van der Waals surface area contributed by atoms with Gasteiger partial charge in [0.2, 0.25) is 0 Å². The van der Waals surface area contributed by atoms with Gasteiger partial charge in [0, 0.05) is 11.1 Å². The average Bonchev–Trinajstić information content (AvgIpc) is 3.41. The summed E-state index contributed by atoms with van der Waals surface area (Å²) in [7, 11) is 1.64. The number of para-hydroxylation sites is 1. The number of fused-ring (bicyclic) bond motifs is 1. The number of rotatable bonds is 7. The molecule has 0 amide bonds. The van der Waals surface area contributed by atoms with Gasteiger partial charge in [-0.15, -0.1) is 0 Å². The number of ether oxygens (including phenoxy) is 1. The summed E-state index contributed by atoms with van der Waals surface area (Å²) >= 11 is 0. The molecule has 2 heterocycles. The molecule has 0 bridgehead atoms. The summed E-state index contributed by atoms with van der Waals surface area (Å²) in [5.41, 5.74) is 3.70. The predicted molar refractivity (Wildman–Crippen MR) is 151 cm³/mol. The van der Waals surface area contributed by atoms with Crippen LogP contribution in [0.25, 0.3) is 33.6 Å². The monoisotopic (exact) mass is 521 g/mol. The van der Waals surface area contributed by atoms with E-state index in [1.807, 2.05) is 25.1 Å². The van der Waals surface area contributed by atoms with Gasteiger partial charge in [-0.25, -0.2) is 9.78 Å². The van der Waals surface area contributed by atoms with E-state index >= 15 is 0 Å². The van der Waals surface area contributed by atoms with Crippen molar-refractivity contribution in [3.63, 3.8) is 0 Å². The van der Waals surface area contributed by atoms with Crippen LogP contribution in [0.5, 0.6) is 5.75 Å². The summed E-state index contributed by atoms with van der Waals surface area (Å²) in [6.07, 6.45) is 1.45. The zero-order chi connectivity index (χ0) is 27.7. The van der Waals surface area contributed by atoms with Crippen LogP contribution < -0.4 is 10.3 Å². The second-order valence-electron chi connectivity index (χ2n) is 9.47. The van der Waals surface area contributed by atoms with Crippen LogP contribution in [0.4, 0.5) is 0 Å². The van der Waals surface area contributed by atoms with Gasteiger partial charge in [0.1, 0.15) is 17.3 Å². The van der Waals surface area contributed by atoms with Crippen LogP contribution >= 0.6 is 0 Å². The van der Waals surface area contributed by atoms with E-state index in [1.54, 1.807) is 49.6 Å². The summed E-state index contributed by atoms with van der Waals surface area (Å²) in [6, 6.07) is 21.0. The van der Waals surface area contributed by atoms with E-state index in [4.69, 9.17) is 14.1 Å². The molecule has 0 unspecified atom stereocenters. The number of aromatic nitrogens is 2. The molecule has 196 valence electrons. The van der Waals surface area contributed by atoms with Crippen LogP contribution in [-0.4, -0.2) is 34.1 Å². The first-order valence-electron chi connectivity index (χ1n) is 12.5. The fourth-order valence-corrected chi connectivity index (χ4v) is 4.47. The molecule has 3 aromatic carbocycles. The number of methoxy groups -OCH3 is 1. The van der Waals surface area contributed by atoms with Gasteiger partial charge in [0.25, 0.3) is 5.56 Å². The van der Waals surface area contributed by atoms with Crippen molar-refractivity contribution in [2.45, 2.75) is 26.7 Å². The van der Waals surface area contributed by atoms with Gasteiger partial charge < -0.3 is 14.3 Å². The minimum absolute atomic E-state index is 0.160. The second kappa shape index (κ2) is 10.4. The van der Waals surface area contributed by atoms with Gasteiger partial charge in [-0.1, -0.05) is 38.1 Å².